The fraction of sp³-hybridized carbons (Fsp3) is 0.0714. The standard InChI is InChI=1S/C14H10F3N3O2S/c15-14(16,17)11-3-1-2-4-13(11)23(21,22)20-10-5-6-12-9(7-10)8-18-19-12/h1-8,20H,(H,18,19). The van der Waals surface area contributed by atoms with Crippen molar-refractivity contribution < 1.29 is 21.6 Å². The maximum Gasteiger partial charge on any atom is 0.417 e. The average molecular weight is 341 g/mol. The fourth-order valence-electron chi connectivity index (χ4n) is 2.15. The van der Waals surface area contributed by atoms with Crippen LogP contribution in [0.25, 0.3) is 10.9 Å². The average Bonchev–Trinajstić information content (AvgIpc) is 2.93. The lowest BCUT2D eigenvalue weighted by Gasteiger charge is -2.14. The number of anilines is 1. The normalized spacial score (nSPS) is 12.5. The van der Waals surface area contributed by atoms with Crippen LogP contribution in [-0.2, 0) is 16.2 Å². The Hall–Kier alpha value is -2.55. The molecule has 2 N–H and O–H groups in total. The quantitative estimate of drug-likeness (QED) is 0.767. The Labute approximate surface area is 129 Å². The molecule has 3 aromatic rings. The maximum absolute atomic E-state index is 13.0. The first kappa shape index (κ1) is 15.3. The van der Waals surface area contributed by atoms with E-state index in [-0.39, 0.29) is 5.69 Å². The van der Waals surface area contributed by atoms with Gasteiger partial charge in [-0.2, -0.15) is 18.3 Å². The molecule has 0 unspecified atom stereocenters. The van der Waals surface area contributed by atoms with Crippen LogP contribution < -0.4 is 4.72 Å². The molecule has 0 spiro atoms. The highest BCUT2D eigenvalue weighted by molar-refractivity contribution is 7.92. The van der Waals surface area contributed by atoms with Crippen LogP contribution in [0.1, 0.15) is 5.56 Å². The first-order valence-corrected chi connectivity index (χ1v) is 7.88. The lowest BCUT2D eigenvalue weighted by atomic mass is 10.2. The fourth-order valence-corrected chi connectivity index (χ4v) is 3.43. The van der Waals surface area contributed by atoms with Crippen molar-refractivity contribution in [2.45, 2.75) is 11.1 Å². The Morgan fingerprint density at radius 3 is 2.57 bits per heavy atom. The molecule has 0 fully saturated rings. The molecule has 0 amide bonds. The molecule has 0 aliphatic heterocycles. The van der Waals surface area contributed by atoms with E-state index in [0.717, 1.165) is 18.2 Å². The molecule has 1 aromatic heterocycles. The van der Waals surface area contributed by atoms with Crippen molar-refractivity contribution in [3.63, 3.8) is 0 Å². The summed E-state index contributed by atoms with van der Waals surface area (Å²) < 4.78 is 65.7. The van der Waals surface area contributed by atoms with E-state index in [1.54, 1.807) is 6.07 Å². The van der Waals surface area contributed by atoms with Gasteiger partial charge in [-0.15, -0.1) is 0 Å². The maximum atomic E-state index is 13.0. The lowest BCUT2D eigenvalue weighted by molar-refractivity contribution is -0.139. The molecular weight excluding hydrogens is 331 g/mol. The zero-order valence-electron chi connectivity index (χ0n) is 11.4. The third kappa shape index (κ3) is 3.00. The van der Waals surface area contributed by atoms with E-state index >= 15 is 0 Å². The van der Waals surface area contributed by atoms with Gasteiger partial charge in [0.1, 0.15) is 0 Å². The predicted octanol–water partition coefficient (Wildman–Crippen LogP) is 3.38. The van der Waals surface area contributed by atoms with Gasteiger partial charge in [0.05, 0.1) is 22.2 Å². The summed E-state index contributed by atoms with van der Waals surface area (Å²) in [6, 6.07) is 8.52. The van der Waals surface area contributed by atoms with Crippen molar-refractivity contribution in [1.82, 2.24) is 10.2 Å². The van der Waals surface area contributed by atoms with Crippen LogP contribution in [0, 0.1) is 0 Å². The van der Waals surface area contributed by atoms with E-state index in [2.05, 4.69) is 14.9 Å². The van der Waals surface area contributed by atoms with Gasteiger partial charge in [0.2, 0.25) is 0 Å². The van der Waals surface area contributed by atoms with E-state index in [9.17, 15) is 21.6 Å². The number of sulfonamides is 1. The second-order valence-corrected chi connectivity index (χ2v) is 6.42. The molecule has 0 saturated carbocycles. The summed E-state index contributed by atoms with van der Waals surface area (Å²) in [5.74, 6) is 0. The molecule has 3 rings (SSSR count). The molecular formula is C14H10F3N3O2S. The highest BCUT2D eigenvalue weighted by Crippen LogP contribution is 2.34. The lowest BCUT2D eigenvalue weighted by Crippen LogP contribution is -2.18. The van der Waals surface area contributed by atoms with Crippen LogP contribution in [0.15, 0.2) is 53.6 Å². The Bertz CT molecular complexity index is 965. The number of nitrogens with zero attached hydrogens (tertiary/aromatic N) is 1. The summed E-state index contributed by atoms with van der Waals surface area (Å²) in [6.07, 6.45) is -3.28. The number of aromatic nitrogens is 2. The predicted molar refractivity (Wildman–Crippen MR) is 78.3 cm³/mol. The van der Waals surface area contributed by atoms with Crippen molar-refractivity contribution in [2.75, 3.05) is 4.72 Å². The van der Waals surface area contributed by atoms with Gasteiger partial charge >= 0.3 is 6.18 Å². The van der Waals surface area contributed by atoms with Crippen molar-refractivity contribution in [3.8, 4) is 0 Å². The van der Waals surface area contributed by atoms with Gasteiger partial charge in [0.15, 0.2) is 0 Å². The number of nitrogens with one attached hydrogen (secondary N) is 2. The number of fused-ring (bicyclic) bond motifs is 1. The summed E-state index contributed by atoms with van der Waals surface area (Å²) >= 11 is 0. The Kier molecular flexibility index (Phi) is 3.52. The largest absolute Gasteiger partial charge is 0.417 e. The topological polar surface area (TPSA) is 74.8 Å². The van der Waals surface area contributed by atoms with Gasteiger partial charge in [-0.05, 0) is 30.3 Å². The minimum atomic E-state index is -4.76. The monoisotopic (exact) mass is 341 g/mol. The van der Waals surface area contributed by atoms with E-state index in [1.165, 1.54) is 24.4 Å². The molecule has 0 radical (unpaired) electrons. The van der Waals surface area contributed by atoms with Gasteiger partial charge in [-0.25, -0.2) is 8.42 Å². The van der Waals surface area contributed by atoms with Gasteiger partial charge in [-0.1, -0.05) is 12.1 Å². The van der Waals surface area contributed by atoms with Gasteiger partial charge in [0.25, 0.3) is 10.0 Å². The number of aromatic amines is 1. The second-order valence-electron chi connectivity index (χ2n) is 4.77. The number of halogens is 3. The molecule has 5 nitrogen and oxygen atoms in total. The summed E-state index contributed by atoms with van der Waals surface area (Å²) in [5.41, 5.74) is -0.378. The molecule has 120 valence electrons. The molecule has 23 heavy (non-hydrogen) atoms. The van der Waals surface area contributed by atoms with Gasteiger partial charge in [-0.3, -0.25) is 9.82 Å². The molecule has 2 aromatic carbocycles. The number of H-pyrrole nitrogens is 1. The molecule has 9 heteroatoms. The van der Waals surface area contributed by atoms with Gasteiger partial charge < -0.3 is 0 Å². The summed E-state index contributed by atoms with van der Waals surface area (Å²) in [5, 5.41) is 7.12. The number of hydrogen-bond donors (Lipinski definition) is 2. The van der Waals surface area contributed by atoms with Crippen LogP contribution in [0.2, 0.25) is 0 Å². The third-order valence-electron chi connectivity index (χ3n) is 3.17. The van der Waals surface area contributed by atoms with Crippen molar-refractivity contribution in [2.24, 2.45) is 0 Å². The number of rotatable bonds is 3. The Morgan fingerprint density at radius 2 is 1.83 bits per heavy atom. The van der Waals surface area contributed by atoms with Crippen LogP contribution in [-0.4, -0.2) is 18.6 Å². The molecule has 0 aliphatic carbocycles. The first-order chi connectivity index (χ1) is 10.8. The summed E-state index contributed by atoms with van der Waals surface area (Å²) in [6.45, 7) is 0. The van der Waals surface area contributed by atoms with Crippen LogP contribution in [0.4, 0.5) is 18.9 Å². The third-order valence-corrected chi connectivity index (χ3v) is 4.61. The Morgan fingerprint density at radius 1 is 1.09 bits per heavy atom. The first-order valence-electron chi connectivity index (χ1n) is 6.39. The molecule has 0 saturated heterocycles. The Balaban J connectivity index is 2.02. The van der Waals surface area contributed by atoms with Crippen LogP contribution in [0.3, 0.4) is 0 Å². The minimum absolute atomic E-state index is 0.149. The van der Waals surface area contributed by atoms with E-state index in [4.69, 9.17) is 0 Å². The second kappa shape index (κ2) is 5.27. The van der Waals surface area contributed by atoms with Crippen molar-refractivity contribution in [3.05, 3.63) is 54.2 Å². The number of alkyl halides is 3. The van der Waals surface area contributed by atoms with Gasteiger partial charge in [0, 0.05) is 11.1 Å². The highest BCUT2D eigenvalue weighted by atomic mass is 32.2. The molecule has 0 atom stereocenters. The number of benzene rings is 2. The van der Waals surface area contributed by atoms with Crippen LogP contribution in [0.5, 0.6) is 0 Å². The number of hydrogen-bond acceptors (Lipinski definition) is 3. The van der Waals surface area contributed by atoms with Crippen molar-refractivity contribution >= 4 is 26.6 Å². The van der Waals surface area contributed by atoms with E-state index < -0.39 is 26.7 Å². The summed E-state index contributed by atoms with van der Waals surface area (Å²) in [7, 11) is -4.38. The SMILES string of the molecule is O=S(=O)(Nc1ccc2[nH]ncc2c1)c1ccccc1C(F)(F)F. The molecule has 0 bridgehead atoms. The van der Waals surface area contributed by atoms with Crippen molar-refractivity contribution in [1.29, 1.82) is 0 Å². The highest BCUT2D eigenvalue weighted by Gasteiger charge is 2.36. The van der Waals surface area contributed by atoms with E-state index in [1.807, 2.05) is 0 Å². The smallest absolute Gasteiger partial charge is 0.280 e. The van der Waals surface area contributed by atoms with Crippen LogP contribution >= 0.6 is 0 Å². The zero-order chi connectivity index (χ0) is 16.7. The molecule has 0 aliphatic rings. The zero-order valence-corrected chi connectivity index (χ0v) is 12.2. The minimum Gasteiger partial charge on any atom is -0.280 e. The van der Waals surface area contributed by atoms with E-state index in [0.29, 0.717) is 10.9 Å². The molecule has 1 heterocycles. The summed E-state index contributed by atoms with van der Waals surface area (Å²) in [4.78, 5) is -0.820.